The molecule has 8 nitrogen and oxygen atoms in total. The molecule has 1 aromatic rings. The highest BCUT2D eigenvalue weighted by molar-refractivity contribution is 5.91. The second-order valence-electron chi connectivity index (χ2n) is 4.65. The third-order valence-corrected chi connectivity index (χ3v) is 2.87. The summed E-state index contributed by atoms with van der Waals surface area (Å²) in [4.78, 5) is 28.5. The highest BCUT2D eigenvalue weighted by atomic mass is 16.5. The fourth-order valence-corrected chi connectivity index (χ4v) is 1.75. The van der Waals surface area contributed by atoms with Crippen LogP contribution in [-0.2, 0) is 9.53 Å². The molecule has 0 radical (unpaired) electrons. The molecule has 0 bridgehead atoms. The molecular weight excluding hydrogens is 252 g/mol. The lowest BCUT2D eigenvalue weighted by molar-refractivity contribution is -0.154. The number of morpholine rings is 1. The first-order chi connectivity index (χ1) is 8.99. The Hall–Kier alpha value is -1.96. The number of aromatic nitrogens is 3. The summed E-state index contributed by atoms with van der Waals surface area (Å²) in [5.74, 6) is -0.611. The lowest BCUT2D eigenvalue weighted by Crippen LogP contribution is -2.48. The van der Waals surface area contributed by atoms with Crippen molar-refractivity contribution in [2.24, 2.45) is 0 Å². The number of carbonyl (C=O) groups is 2. The molecule has 1 aliphatic heterocycles. The molecule has 1 unspecified atom stereocenters. The van der Waals surface area contributed by atoms with Crippen molar-refractivity contribution in [3.63, 3.8) is 0 Å². The van der Waals surface area contributed by atoms with Gasteiger partial charge in [-0.15, -0.1) is 5.10 Å². The van der Waals surface area contributed by atoms with Crippen molar-refractivity contribution < 1.29 is 19.4 Å². The van der Waals surface area contributed by atoms with Crippen molar-refractivity contribution in [2.45, 2.75) is 25.9 Å². The number of carboxylic acids is 1. The molecule has 2 heterocycles. The number of nitrogens with one attached hydrogen (secondary N) is 1. The molecule has 104 valence electrons. The standard InChI is InChI=1S/C11H16N4O4/c1-6(2)8-12-9(14-13-8)10(16)15-3-4-19-7(5-15)11(17)18/h6-7H,3-5H2,1-2H3,(H,17,18)(H,12,13,14). The average Bonchev–Trinajstić information content (AvgIpc) is 2.87. The van der Waals surface area contributed by atoms with Crippen LogP contribution in [0.3, 0.4) is 0 Å². The summed E-state index contributed by atoms with van der Waals surface area (Å²) in [6.45, 7) is 4.42. The number of carbonyl (C=O) groups excluding carboxylic acids is 1. The third-order valence-electron chi connectivity index (χ3n) is 2.87. The predicted octanol–water partition coefficient (Wildman–Crippen LogP) is -0.146. The van der Waals surface area contributed by atoms with Gasteiger partial charge in [0.25, 0.3) is 5.91 Å². The van der Waals surface area contributed by atoms with Crippen LogP contribution in [0.2, 0.25) is 0 Å². The summed E-state index contributed by atoms with van der Waals surface area (Å²) >= 11 is 0. The summed E-state index contributed by atoms with van der Waals surface area (Å²) < 4.78 is 5.06. The van der Waals surface area contributed by atoms with Gasteiger partial charge in [0, 0.05) is 12.5 Å². The van der Waals surface area contributed by atoms with E-state index >= 15 is 0 Å². The smallest absolute Gasteiger partial charge is 0.334 e. The molecule has 1 aromatic heterocycles. The molecule has 1 saturated heterocycles. The Morgan fingerprint density at radius 2 is 2.26 bits per heavy atom. The number of aliphatic carboxylic acids is 1. The lowest BCUT2D eigenvalue weighted by Gasteiger charge is -2.29. The Kier molecular flexibility index (Phi) is 3.79. The fourth-order valence-electron chi connectivity index (χ4n) is 1.75. The number of hydrogen-bond acceptors (Lipinski definition) is 5. The van der Waals surface area contributed by atoms with Gasteiger partial charge in [-0.2, -0.15) is 0 Å². The maximum atomic E-state index is 12.1. The zero-order chi connectivity index (χ0) is 14.0. The average molecular weight is 268 g/mol. The van der Waals surface area contributed by atoms with E-state index in [2.05, 4.69) is 15.2 Å². The van der Waals surface area contributed by atoms with Crippen LogP contribution in [0.1, 0.15) is 36.2 Å². The van der Waals surface area contributed by atoms with E-state index in [1.807, 2.05) is 13.8 Å². The maximum Gasteiger partial charge on any atom is 0.334 e. The molecule has 1 amide bonds. The molecule has 0 saturated carbocycles. The van der Waals surface area contributed by atoms with E-state index in [0.717, 1.165) is 0 Å². The zero-order valence-corrected chi connectivity index (χ0v) is 10.8. The van der Waals surface area contributed by atoms with Crippen LogP contribution in [0, 0.1) is 0 Å². The molecule has 1 atom stereocenters. The van der Waals surface area contributed by atoms with Gasteiger partial charge in [0.05, 0.1) is 13.2 Å². The minimum Gasteiger partial charge on any atom is -0.479 e. The van der Waals surface area contributed by atoms with Gasteiger partial charge in [-0.1, -0.05) is 13.8 Å². The van der Waals surface area contributed by atoms with Crippen LogP contribution >= 0.6 is 0 Å². The number of ether oxygens (including phenoxy) is 1. The molecule has 1 aliphatic rings. The van der Waals surface area contributed by atoms with Crippen LogP contribution in [-0.4, -0.2) is 62.9 Å². The SMILES string of the molecule is CC(C)c1nc(C(=O)N2CCOC(C(=O)O)C2)n[nH]1. The summed E-state index contributed by atoms with van der Waals surface area (Å²) in [6.07, 6.45) is -0.985. The normalized spacial score (nSPS) is 19.7. The number of nitrogens with zero attached hydrogens (tertiary/aromatic N) is 3. The summed E-state index contributed by atoms with van der Waals surface area (Å²) in [7, 11) is 0. The molecule has 19 heavy (non-hydrogen) atoms. The summed E-state index contributed by atoms with van der Waals surface area (Å²) in [5.41, 5.74) is 0. The van der Waals surface area contributed by atoms with E-state index in [-0.39, 0.29) is 30.8 Å². The highest BCUT2D eigenvalue weighted by Gasteiger charge is 2.31. The van der Waals surface area contributed by atoms with Gasteiger partial charge < -0.3 is 14.7 Å². The van der Waals surface area contributed by atoms with Gasteiger partial charge >= 0.3 is 5.97 Å². The number of amides is 1. The van der Waals surface area contributed by atoms with Gasteiger partial charge in [0.2, 0.25) is 5.82 Å². The van der Waals surface area contributed by atoms with E-state index in [1.54, 1.807) is 0 Å². The second-order valence-corrected chi connectivity index (χ2v) is 4.65. The topological polar surface area (TPSA) is 108 Å². The van der Waals surface area contributed by atoms with E-state index in [9.17, 15) is 9.59 Å². The van der Waals surface area contributed by atoms with Crippen LogP contribution in [0.5, 0.6) is 0 Å². The first-order valence-corrected chi connectivity index (χ1v) is 6.05. The van der Waals surface area contributed by atoms with Crippen molar-refractivity contribution in [1.82, 2.24) is 20.1 Å². The zero-order valence-electron chi connectivity index (χ0n) is 10.8. The molecular formula is C11H16N4O4. The predicted molar refractivity (Wildman–Crippen MR) is 63.8 cm³/mol. The van der Waals surface area contributed by atoms with Gasteiger partial charge in [-0.25, -0.2) is 9.78 Å². The molecule has 8 heteroatoms. The second kappa shape index (κ2) is 5.35. The Morgan fingerprint density at radius 1 is 1.53 bits per heavy atom. The quantitative estimate of drug-likeness (QED) is 0.789. The first kappa shape index (κ1) is 13.5. The maximum absolute atomic E-state index is 12.1. The van der Waals surface area contributed by atoms with E-state index in [1.165, 1.54) is 4.90 Å². The van der Waals surface area contributed by atoms with Crippen LogP contribution < -0.4 is 0 Å². The van der Waals surface area contributed by atoms with Gasteiger partial charge in [-0.05, 0) is 0 Å². The lowest BCUT2D eigenvalue weighted by atomic mass is 10.2. The Labute approximate surface area is 109 Å². The van der Waals surface area contributed by atoms with E-state index in [0.29, 0.717) is 12.4 Å². The van der Waals surface area contributed by atoms with Crippen molar-refractivity contribution in [3.8, 4) is 0 Å². The number of aromatic amines is 1. The number of carboxylic acid groups (broad SMARTS) is 1. The molecule has 2 N–H and O–H groups in total. The molecule has 1 fully saturated rings. The van der Waals surface area contributed by atoms with Crippen LogP contribution in [0.15, 0.2) is 0 Å². The number of H-pyrrole nitrogens is 1. The fraction of sp³-hybridized carbons (Fsp3) is 0.636. The third kappa shape index (κ3) is 2.90. The molecule has 0 aromatic carbocycles. The van der Waals surface area contributed by atoms with Gasteiger partial charge in [-0.3, -0.25) is 9.89 Å². The minimum atomic E-state index is -1.07. The number of rotatable bonds is 3. The monoisotopic (exact) mass is 268 g/mol. The Balaban J connectivity index is 2.08. The summed E-state index contributed by atoms with van der Waals surface area (Å²) in [5, 5.41) is 15.5. The highest BCUT2D eigenvalue weighted by Crippen LogP contribution is 2.11. The minimum absolute atomic E-state index is 0.0136. The van der Waals surface area contributed by atoms with Crippen molar-refractivity contribution >= 4 is 11.9 Å². The first-order valence-electron chi connectivity index (χ1n) is 6.05. The van der Waals surface area contributed by atoms with Gasteiger partial charge in [0.15, 0.2) is 6.10 Å². The largest absolute Gasteiger partial charge is 0.479 e. The van der Waals surface area contributed by atoms with Crippen LogP contribution in [0.4, 0.5) is 0 Å². The van der Waals surface area contributed by atoms with Crippen molar-refractivity contribution in [2.75, 3.05) is 19.7 Å². The molecule has 0 aliphatic carbocycles. The van der Waals surface area contributed by atoms with Gasteiger partial charge in [0.1, 0.15) is 5.82 Å². The summed E-state index contributed by atoms with van der Waals surface area (Å²) in [6, 6.07) is 0. The number of hydrogen-bond donors (Lipinski definition) is 2. The van der Waals surface area contributed by atoms with E-state index < -0.39 is 12.1 Å². The molecule has 0 spiro atoms. The van der Waals surface area contributed by atoms with Crippen molar-refractivity contribution in [3.05, 3.63) is 11.6 Å². The Bertz CT molecular complexity index is 485. The van der Waals surface area contributed by atoms with E-state index in [4.69, 9.17) is 9.84 Å². The van der Waals surface area contributed by atoms with Crippen LogP contribution in [0.25, 0.3) is 0 Å². The Morgan fingerprint density at radius 3 is 2.84 bits per heavy atom. The molecule has 2 rings (SSSR count). The van der Waals surface area contributed by atoms with Crippen molar-refractivity contribution in [1.29, 1.82) is 0 Å².